The van der Waals surface area contributed by atoms with E-state index in [1.54, 1.807) is 12.1 Å². The summed E-state index contributed by atoms with van der Waals surface area (Å²) in [6.45, 7) is 0.661. The summed E-state index contributed by atoms with van der Waals surface area (Å²) in [6, 6.07) is 5.36. The summed E-state index contributed by atoms with van der Waals surface area (Å²) >= 11 is 0. The third-order valence-electron chi connectivity index (χ3n) is 3.42. The predicted octanol–water partition coefficient (Wildman–Crippen LogP) is 1.52. The highest BCUT2D eigenvalue weighted by atomic mass is 16.5. The Balaban J connectivity index is 1.81. The van der Waals surface area contributed by atoms with Crippen LogP contribution in [0.15, 0.2) is 18.2 Å². The van der Waals surface area contributed by atoms with E-state index in [-0.39, 0.29) is 11.7 Å². The van der Waals surface area contributed by atoms with Crippen molar-refractivity contribution in [3.05, 3.63) is 29.3 Å². The number of carbonyl (C=O) groups excluding carboxylic acids is 1. The first-order chi connectivity index (χ1) is 8.16. The molecule has 1 aliphatic heterocycles. The van der Waals surface area contributed by atoms with Gasteiger partial charge in [-0.05, 0) is 30.2 Å². The molecule has 17 heavy (non-hydrogen) atoms. The lowest BCUT2D eigenvalue weighted by Gasteiger charge is -2.02. The fraction of sp³-hybridized carbons (Fsp3) is 0.385. The van der Waals surface area contributed by atoms with Gasteiger partial charge in [-0.3, -0.25) is 9.59 Å². The number of fused-ring (bicyclic) bond motifs is 1. The average molecular weight is 232 g/mol. The van der Waals surface area contributed by atoms with Gasteiger partial charge in [-0.15, -0.1) is 0 Å². The van der Waals surface area contributed by atoms with Crippen molar-refractivity contribution >= 4 is 11.8 Å². The standard InChI is InChI=1S/C13H12O4/c14-12(9-6-10(9)13(15)16)8-1-2-11-7(5-8)3-4-17-11/h1-2,5,9-10H,3-4,6H2,(H,15,16). The van der Waals surface area contributed by atoms with Crippen molar-refractivity contribution < 1.29 is 19.4 Å². The van der Waals surface area contributed by atoms with Crippen molar-refractivity contribution in [1.82, 2.24) is 0 Å². The van der Waals surface area contributed by atoms with Gasteiger partial charge in [0, 0.05) is 17.9 Å². The minimum Gasteiger partial charge on any atom is -0.493 e. The van der Waals surface area contributed by atoms with Crippen LogP contribution in [0.25, 0.3) is 0 Å². The van der Waals surface area contributed by atoms with E-state index in [0.29, 0.717) is 18.6 Å². The summed E-state index contributed by atoms with van der Waals surface area (Å²) < 4.78 is 5.36. The third kappa shape index (κ3) is 1.69. The quantitative estimate of drug-likeness (QED) is 0.802. The first kappa shape index (κ1) is 10.3. The van der Waals surface area contributed by atoms with Crippen molar-refractivity contribution in [3.8, 4) is 5.75 Å². The fourth-order valence-corrected chi connectivity index (χ4v) is 2.31. The summed E-state index contributed by atoms with van der Waals surface area (Å²) in [6.07, 6.45) is 1.30. The Morgan fingerprint density at radius 1 is 1.29 bits per heavy atom. The molecule has 1 fully saturated rings. The molecule has 0 spiro atoms. The molecule has 2 unspecified atom stereocenters. The molecule has 0 saturated heterocycles. The average Bonchev–Trinajstić information content (AvgIpc) is 2.99. The van der Waals surface area contributed by atoms with Crippen LogP contribution in [-0.2, 0) is 11.2 Å². The molecule has 0 aromatic heterocycles. The normalized spacial score (nSPS) is 24.9. The van der Waals surface area contributed by atoms with Gasteiger partial charge < -0.3 is 9.84 Å². The second kappa shape index (κ2) is 3.58. The van der Waals surface area contributed by atoms with Crippen LogP contribution in [0.4, 0.5) is 0 Å². The molecule has 0 bridgehead atoms. The number of carboxylic acids is 1. The van der Waals surface area contributed by atoms with Gasteiger partial charge in [0.1, 0.15) is 5.75 Å². The topological polar surface area (TPSA) is 63.6 Å². The summed E-state index contributed by atoms with van der Waals surface area (Å²) in [5, 5.41) is 8.80. The largest absolute Gasteiger partial charge is 0.493 e. The third-order valence-corrected chi connectivity index (χ3v) is 3.42. The molecule has 2 aliphatic rings. The monoisotopic (exact) mass is 232 g/mol. The molecule has 4 nitrogen and oxygen atoms in total. The van der Waals surface area contributed by atoms with Crippen LogP contribution in [0, 0.1) is 11.8 Å². The Morgan fingerprint density at radius 2 is 2.12 bits per heavy atom. The highest BCUT2D eigenvalue weighted by molar-refractivity contribution is 6.02. The summed E-state index contributed by atoms with van der Waals surface area (Å²) in [7, 11) is 0. The zero-order chi connectivity index (χ0) is 12.0. The van der Waals surface area contributed by atoms with Crippen molar-refractivity contribution in [2.24, 2.45) is 11.8 Å². The Labute approximate surface area is 98.2 Å². The zero-order valence-electron chi connectivity index (χ0n) is 9.18. The number of carboxylic acid groups (broad SMARTS) is 1. The molecule has 1 heterocycles. The number of ketones is 1. The summed E-state index contributed by atoms with van der Waals surface area (Å²) in [4.78, 5) is 22.7. The molecular formula is C13H12O4. The van der Waals surface area contributed by atoms with E-state index >= 15 is 0 Å². The van der Waals surface area contributed by atoms with E-state index in [9.17, 15) is 9.59 Å². The molecule has 1 aromatic carbocycles. The number of benzene rings is 1. The molecule has 1 saturated carbocycles. The number of carbonyl (C=O) groups is 2. The van der Waals surface area contributed by atoms with E-state index in [1.165, 1.54) is 0 Å². The van der Waals surface area contributed by atoms with Gasteiger partial charge in [-0.2, -0.15) is 0 Å². The maximum atomic E-state index is 12.0. The van der Waals surface area contributed by atoms with E-state index < -0.39 is 11.9 Å². The molecule has 0 radical (unpaired) electrons. The van der Waals surface area contributed by atoms with Crippen LogP contribution < -0.4 is 4.74 Å². The molecule has 1 N–H and O–H groups in total. The number of aliphatic carboxylic acids is 1. The minimum atomic E-state index is -0.868. The highest BCUT2D eigenvalue weighted by Gasteiger charge is 2.48. The Hall–Kier alpha value is -1.84. The first-order valence-corrected chi connectivity index (χ1v) is 5.69. The Kier molecular flexibility index (Phi) is 2.18. The highest BCUT2D eigenvalue weighted by Crippen LogP contribution is 2.41. The fourth-order valence-electron chi connectivity index (χ4n) is 2.31. The van der Waals surface area contributed by atoms with Crippen LogP contribution in [0.3, 0.4) is 0 Å². The van der Waals surface area contributed by atoms with E-state index in [2.05, 4.69) is 0 Å². The van der Waals surface area contributed by atoms with E-state index in [1.807, 2.05) is 6.07 Å². The Bertz CT molecular complexity index is 506. The van der Waals surface area contributed by atoms with E-state index in [0.717, 1.165) is 17.7 Å². The molecule has 1 aliphatic carbocycles. The number of ether oxygens (including phenoxy) is 1. The molecule has 88 valence electrons. The van der Waals surface area contributed by atoms with Crippen LogP contribution in [0.2, 0.25) is 0 Å². The predicted molar refractivity (Wildman–Crippen MR) is 59.2 cm³/mol. The van der Waals surface area contributed by atoms with Gasteiger partial charge in [0.25, 0.3) is 0 Å². The first-order valence-electron chi connectivity index (χ1n) is 5.69. The zero-order valence-corrected chi connectivity index (χ0v) is 9.18. The summed E-state index contributed by atoms with van der Waals surface area (Å²) in [5.41, 5.74) is 1.66. The van der Waals surface area contributed by atoms with Gasteiger partial charge in [-0.25, -0.2) is 0 Å². The maximum absolute atomic E-state index is 12.0. The smallest absolute Gasteiger partial charge is 0.307 e. The maximum Gasteiger partial charge on any atom is 0.307 e. The van der Waals surface area contributed by atoms with Crippen LogP contribution in [-0.4, -0.2) is 23.5 Å². The summed E-state index contributed by atoms with van der Waals surface area (Å²) in [5.74, 6) is -0.882. The van der Waals surface area contributed by atoms with Gasteiger partial charge in [0.15, 0.2) is 5.78 Å². The van der Waals surface area contributed by atoms with Gasteiger partial charge in [0.05, 0.1) is 12.5 Å². The lowest BCUT2D eigenvalue weighted by atomic mass is 10.0. The van der Waals surface area contributed by atoms with Crippen LogP contribution in [0.1, 0.15) is 22.3 Å². The van der Waals surface area contributed by atoms with Crippen molar-refractivity contribution in [1.29, 1.82) is 0 Å². The second-order valence-electron chi connectivity index (χ2n) is 4.57. The molecule has 1 aromatic rings. The molecule has 3 rings (SSSR count). The lowest BCUT2D eigenvalue weighted by Crippen LogP contribution is -2.08. The molecule has 2 atom stereocenters. The van der Waals surface area contributed by atoms with Gasteiger partial charge in [-0.1, -0.05) is 0 Å². The number of rotatable bonds is 3. The SMILES string of the molecule is O=C(O)C1CC1C(=O)c1ccc2c(c1)CCO2. The van der Waals surface area contributed by atoms with Crippen molar-refractivity contribution in [2.45, 2.75) is 12.8 Å². The number of hydrogen-bond acceptors (Lipinski definition) is 3. The molecule has 4 heteroatoms. The van der Waals surface area contributed by atoms with Gasteiger partial charge in [0.2, 0.25) is 0 Å². The van der Waals surface area contributed by atoms with E-state index in [4.69, 9.17) is 9.84 Å². The van der Waals surface area contributed by atoms with Gasteiger partial charge >= 0.3 is 5.97 Å². The molecular weight excluding hydrogens is 220 g/mol. The van der Waals surface area contributed by atoms with Crippen molar-refractivity contribution in [3.63, 3.8) is 0 Å². The lowest BCUT2D eigenvalue weighted by molar-refractivity contribution is -0.138. The second-order valence-corrected chi connectivity index (χ2v) is 4.57. The Morgan fingerprint density at radius 3 is 2.82 bits per heavy atom. The number of Topliss-reactive ketones (excluding diaryl/α,β-unsaturated/α-hetero) is 1. The minimum absolute atomic E-state index is 0.0490. The number of hydrogen-bond donors (Lipinski definition) is 1. The molecule has 0 amide bonds. The van der Waals surface area contributed by atoms with Crippen molar-refractivity contribution in [2.75, 3.05) is 6.61 Å². The van der Waals surface area contributed by atoms with Crippen LogP contribution in [0.5, 0.6) is 5.75 Å². The van der Waals surface area contributed by atoms with Crippen LogP contribution >= 0.6 is 0 Å².